The van der Waals surface area contributed by atoms with Gasteiger partial charge in [0.15, 0.2) is 0 Å². The lowest BCUT2D eigenvalue weighted by Gasteiger charge is -2.11. The van der Waals surface area contributed by atoms with Crippen molar-refractivity contribution < 1.29 is 0 Å². The van der Waals surface area contributed by atoms with Gasteiger partial charge in [0.05, 0.1) is 11.1 Å². The molecule has 0 spiro atoms. The lowest BCUT2D eigenvalue weighted by Crippen LogP contribution is -2.08. The van der Waals surface area contributed by atoms with E-state index in [0.717, 1.165) is 31.5 Å². The molecule has 1 fully saturated rings. The van der Waals surface area contributed by atoms with Crippen LogP contribution in [0, 0.1) is 12.3 Å². The number of rotatable bonds is 1. The molecule has 2 heterocycles. The molecule has 1 aliphatic carbocycles. The van der Waals surface area contributed by atoms with Gasteiger partial charge in [-0.15, -0.1) is 6.42 Å². The summed E-state index contributed by atoms with van der Waals surface area (Å²) in [5.74, 6) is 4.15. The zero-order valence-electron chi connectivity index (χ0n) is 8.29. The number of hydrogen-bond acceptors (Lipinski definition) is 1. The Balaban J connectivity index is 2.01. The summed E-state index contributed by atoms with van der Waals surface area (Å²) in [7, 11) is 0. The van der Waals surface area contributed by atoms with Crippen molar-refractivity contribution in [3.63, 3.8) is 0 Å². The number of hydrogen-bond donors (Lipinski definition) is 0. The van der Waals surface area contributed by atoms with Crippen LogP contribution in [0.1, 0.15) is 37.2 Å². The molecule has 2 nitrogen and oxygen atoms in total. The third-order valence-corrected chi connectivity index (χ3v) is 3.43. The predicted octanol–water partition coefficient (Wildman–Crippen LogP) is 1.88. The Morgan fingerprint density at radius 2 is 2.29 bits per heavy atom. The molecule has 1 aliphatic heterocycles. The van der Waals surface area contributed by atoms with Gasteiger partial charge in [0.2, 0.25) is 0 Å². The van der Waals surface area contributed by atoms with E-state index < -0.39 is 0 Å². The van der Waals surface area contributed by atoms with Gasteiger partial charge in [0.1, 0.15) is 5.82 Å². The summed E-state index contributed by atoms with van der Waals surface area (Å²) in [6.07, 6.45) is 13.7. The summed E-state index contributed by atoms with van der Waals surface area (Å²) in [6, 6.07) is 0. The second-order valence-corrected chi connectivity index (χ2v) is 4.42. The van der Waals surface area contributed by atoms with Crippen LogP contribution in [0.3, 0.4) is 0 Å². The van der Waals surface area contributed by atoms with Gasteiger partial charge in [0, 0.05) is 19.2 Å². The van der Waals surface area contributed by atoms with Crippen molar-refractivity contribution in [2.24, 2.45) is 0 Å². The minimum Gasteiger partial charge on any atom is -0.335 e. The van der Waals surface area contributed by atoms with Crippen molar-refractivity contribution in [3.8, 4) is 12.3 Å². The van der Waals surface area contributed by atoms with Crippen molar-refractivity contribution in [2.75, 3.05) is 0 Å². The van der Waals surface area contributed by atoms with Gasteiger partial charge in [-0.2, -0.15) is 0 Å². The van der Waals surface area contributed by atoms with Gasteiger partial charge in [-0.05, 0) is 25.7 Å². The summed E-state index contributed by atoms with van der Waals surface area (Å²) in [5.41, 5.74) is 1.17. The van der Waals surface area contributed by atoms with E-state index in [2.05, 4.69) is 21.7 Å². The number of aryl methyl sites for hydroxylation is 2. The highest BCUT2D eigenvalue weighted by atomic mass is 15.1. The molecule has 2 aliphatic rings. The van der Waals surface area contributed by atoms with Gasteiger partial charge in [-0.1, -0.05) is 5.92 Å². The van der Waals surface area contributed by atoms with E-state index in [1.54, 1.807) is 0 Å². The van der Waals surface area contributed by atoms with Crippen LogP contribution in [0.15, 0.2) is 6.20 Å². The minimum atomic E-state index is 0.0182. The van der Waals surface area contributed by atoms with Crippen LogP contribution >= 0.6 is 0 Å². The Morgan fingerprint density at radius 3 is 2.93 bits per heavy atom. The molecule has 0 aromatic carbocycles. The molecule has 72 valence electrons. The Labute approximate surface area is 84.3 Å². The molecule has 0 bridgehead atoms. The zero-order chi connectivity index (χ0) is 9.60. The van der Waals surface area contributed by atoms with Crippen molar-refractivity contribution in [1.29, 1.82) is 0 Å². The van der Waals surface area contributed by atoms with Crippen LogP contribution < -0.4 is 0 Å². The molecule has 1 aromatic heterocycles. The van der Waals surface area contributed by atoms with E-state index in [1.165, 1.54) is 18.7 Å². The number of imidazole rings is 1. The van der Waals surface area contributed by atoms with Gasteiger partial charge < -0.3 is 4.57 Å². The van der Waals surface area contributed by atoms with E-state index in [-0.39, 0.29) is 5.41 Å². The molecule has 0 radical (unpaired) electrons. The molecule has 3 rings (SSSR count). The van der Waals surface area contributed by atoms with Gasteiger partial charge >= 0.3 is 0 Å². The Morgan fingerprint density at radius 1 is 1.43 bits per heavy atom. The van der Waals surface area contributed by atoms with E-state index in [0.29, 0.717) is 0 Å². The first-order valence-corrected chi connectivity index (χ1v) is 5.38. The maximum Gasteiger partial charge on any atom is 0.109 e. The van der Waals surface area contributed by atoms with Crippen LogP contribution in [-0.2, 0) is 18.4 Å². The van der Waals surface area contributed by atoms with E-state index >= 15 is 0 Å². The summed E-state index contributed by atoms with van der Waals surface area (Å²) < 4.78 is 2.29. The minimum absolute atomic E-state index is 0.0182. The second kappa shape index (κ2) is 2.63. The monoisotopic (exact) mass is 186 g/mol. The Bertz CT molecular complexity index is 381. The molecule has 1 aromatic rings. The SMILES string of the molecule is C#CC1(c2cn3c(n2)CCCC3)CC1. The van der Waals surface area contributed by atoms with Crippen LogP contribution in [0.5, 0.6) is 0 Å². The summed E-state index contributed by atoms with van der Waals surface area (Å²) in [4.78, 5) is 4.68. The van der Waals surface area contributed by atoms with Crippen LogP contribution in [0.2, 0.25) is 0 Å². The number of terminal acetylenes is 1. The normalized spacial score (nSPS) is 22.5. The van der Waals surface area contributed by atoms with Gasteiger partial charge in [-0.25, -0.2) is 4.98 Å². The molecule has 0 saturated heterocycles. The van der Waals surface area contributed by atoms with Gasteiger partial charge in [0.25, 0.3) is 0 Å². The highest BCUT2D eigenvalue weighted by Crippen LogP contribution is 2.47. The largest absolute Gasteiger partial charge is 0.335 e. The van der Waals surface area contributed by atoms with Crippen LogP contribution in [0.4, 0.5) is 0 Å². The molecule has 0 N–H and O–H groups in total. The maximum atomic E-state index is 5.56. The highest BCUT2D eigenvalue weighted by Gasteiger charge is 2.45. The third-order valence-electron chi connectivity index (χ3n) is 3.43. The van der Waals surface area contributed by atoms with Crippen LogP contribution in [0.25, 0.3) is 0 Å². The molecule has 0 atom stereocenters. The molecular formula is C12H14N2. The zero-order valence-corrected chi connectivity index (χ0v) is 8.29. The van der Waals surface area contributed by atoms with Crippen molar-refractivity contribution >= 4 is 0 Å². The Kier molecular flexibility index (Phi) is 1.53. The fourth-order valence-electron chi connectivity index (χ4n) is 2.24. The lowest BCUT2D eigenvalue weighted by atomic mass is 10.1. The van der Waals surface area contributed by atoms with Crippen LogP contribution in [-0.4, -0.2) is 9.55 Å². The average molecular weight is 186 g/mol. The molecule has 2 heteroatoms. The topological polar surface area (TPSA) is 17.8 Å². The summed E-state index contributed by atoms with van der Waals surface area (Å²) in [5, 5.41) is 0. The average Bonchev–Trinajstić information content (AvgIpc) is 2.91. The fraction of sp³-hybridized carbons (Fsp3) is 0.583. The molecule has 0 unspecified atom stereocenters. The first-order valence-electron chi connectivity index (χ1n) is 5.38. The Hall–Kier alpha value is -1.23. The third kappa shape index (κ3) is 1.02. The number of nitrogens with zero attached hydrogens (tertiary/aromatic N) is 2. The van der Waals surface area contributed by atoms with E-state index in [4.69, 9.17) is 6.42 Å². The molecule has 1 saturated carbocycles. The molecular weight excluding hydrogens is 172 g/mol. The fourth-order valence-corrected chi connectivity index (χ4v) is 2.24. The quantitative estimate of drug-likeness (QED) is 0.612. The van der Waals surface area contributed by atoms with Gasteiger partial charge in [-0.3, -0.25) is 0 Å². The maximum absolute atomic E-state index is 5.56. The second-order valence-electron chi connectivity index (χ2n) is 4.42. The summed E-state index contributed by atoms with van der Waals surface area (Å²) >= 11 is 0. The van der Waals surface area contributed by atoms with Crippen molar-refractivity contribution in [2.45, 2.75) is 44.1 Å². The number of aromatic nitrogens is 2. The van der Waals surface area contributed by atoms with E-state index in [9.17, 15) is 0 Å². The first-order chi connectivity index (χ1) is 6.84. The van der Waals surface area contributed by atoms with E-state index in [1.807, 2.05) is 0 Å². The van der Waals surface area contributed by atoms with Crippen molar-refractivity contribution in [1.82, 2.24) is 9.55 Å². The molecule has 14 heavy (non-hydrogen) atoms. The standard InChI is InChI=1S/C12H14N2/c1-2-12(6-7-12)10-9-14-8-4-3-5-11(14)13-10/h1,9H,3-8H2. The number of fused-ring (bicyclic) bond motifs is 1. The van der Waals surface area contributed by atoms with Crippen molar-refractivity contribution in [3.05, 3.63) is 17.7 Å². The summed E-state index contributed by atoms with van der Waals surface area (Å²) in [6.45, 7) is 1.13. The highest BCUT2D eigenvalue weighted by molar-refractivity contribution is 5.36. The lowest BCUT2D eigenvalue weighted by molar-refractivity contribution is 0.522. The smallest absolute Gasteiger partial charge is 0.109 e. The molecule has 0 amide bonds. The predicted molar refractivity (Wildman–Crippen MR) is 54.9 cm³/mol. The first kappa shape index (κ1) is 8.11.